The molecule has 0 unspecified atom stereocenters. The fourth-order valence-corrected chi connectivity index (χ4v) is 4.45. The number of hydroxylamine groups is 1. The molecule has 0 radical (unpaired) electrons. The largest absolute Gasteiger partial charge is 0.336 e. The molecular weight excluding hydrogens is 414 g/mol. The molecule has 0 saturated carbocycles. The Hall–Kier alpha value is -1.97. The van der Waals surface area contributed by atoms with Crippen LogP contribution in [0.4, 0.5) is 0 Å². The van der Waals surface area contributed by atoms with Gasteiger partial charge in [-0.2, -0.15) is 0 Å². The highest BCUT2D eigenvalue weighted by atomic mass is 35.5. The molecule has 2 aromatic rings. The van der Waals surface area contributed by atoms with Gasteiger partial charge in [-0.25, -0.2) is 8.42 Å². The first-order valence-corrected chi connectivity index (χ1v) is 11.0. The van der Waals surface area contributed by atoms with Crippen molar-refractivity contribution in [2.75, 3.05) is 40.3 Å². The fraction of sp³-hybridized carbons (Fsp3) is 0.350. The maximum Gasteiger partial charge on any atom is 0.264 e. The molecular formula is C20H24ClN3O4S. The van der Waals surface area contributed by atoms with Crippen LogP contribution in [0.15, 0.2) is 53.4 Å². The van der Waals surface area contributed by atoms with Crippen LogP contribution in [0.5, 0.6) is 0 Å². The second-order valence-corrected chi connectivity index (χ2v) is 9.20. The van der Waals surface area contributed by atoms with Crippen molar-refractivity contribution in [1.29, 1.82) is 0 Å². The summed E-state index contributed by atoms with van der Waals surface area (Å²) in [5.41, 5.74) is 1.48. The lowest BCUT2D eigenvalue weighted by Gasteiger charge is -2.35. The molecule has 0 aromatic heterocycles. The van der Waals surface area contributed by atoms with Gasteiger partial charge in [0.2, 0.25) is 0 Å². The molecule has 0 aliphatic carbocycles. The van der Waals surface area contributed by atoms with Crippen molar-refractivity contribution in [3.8, 4) is 0 Å². The smallest absolute Gasteiger partial charge is 0.264 e. The van der Waals surface area contributed by atoms with E-state index in [1.165, 1.54) is 26.3 Å². The number of hydrogen-bond acceptors (Lipinski definition) is 5. The average molecular weight is 438 g/mol. The topological polar surface area (TPSA) is 70.2 Å². The monoisotopic (exact) mass is 437 g/mol. The molecule has 7 nitrogen and oxygen atoms in total. The van der Waals surface area contributed by atoms with Crippen molar-refractivity contribution >= 4 is 27.5 Å². The third kappa shape index (κ3) is 5.15. The van der Waals surface area contributed by atoms with Gasteiger partial charge >= 0.3 is 0 Å². The minimum absolute atomic E-state index is 0.0206. The van der Waals surface area contributed by atoms with Crippen molar-refractivity contribution in [3.05, 3.63) is 64.7 Å². The van der Waals surface area contributed by atoms with Crippen molar-refractivity contribution in [3.63, 3.8) is 0 Å². The highest BCUT2D eigenvalue weighted by Crippen LogP contribution is 2.19. The summed E-state index contributed by atoms with van der Waals surface area (Å²) in [5, 5.41) is 0.713. The summed E-state index contributed by atoms with van der Waals surface area (Å²) < 4.78 is 25.6. The predicted octanol–water partition coefficient (Wildman–Crippen LogP) is 2.48. The van der Waals surface area contributed by atoms with E-state index in [0.29, 0.717) is 23.7 Å². The summed E-state index contributed by atoms with van der Waals surface area (Å²) in [6, 6.07) is 13.8. The van der Waals surface area contributed by atoms with Crippen LogP contribution in [0.2, 0.25) is 5.02 Å². The summed E-state index contributed by atoms with van der Waals surface area (Å²) in [4.78, 5) is 21.7. The zero-order valence-electron chi connectivity index (χ0n) is 16.4. The Bertz CT molecular complexity index is 975. The maximum absolute atomic E-state index is 12.9. The van der Waals surface area contributed by atoms with Gasteiger partial charge in [-0.15, -0.1) is 0 Å². The van der Waals surface area contributed by atoms with Crippen LogP contribution in [-0.4, -0.2) is 68.9 Å². The average Bonchev–Trinajstić information content (AvgIpc) is 2.73. The van der Waals surface area contributed by atoms with E-state index < -0.39 is 10.0 Å². The zero-order valence-corrected chi connectivity index (χ0v) is 18.0. The van der Waals surface area contributed by atoms with Crippen LogP contribution in [0, 0.1) is 0 Å². The van der Waals surface area contributed by atoms with Gasteiger partial charge in [-0.1, -0.05) is 34.3 Å². The maximum atomic E-state index is 12.9. The first kappa shape index (κ1) is 21.7. The van der Waals surface area contributed by atoms with Gasteiger partial charge in [0.15, 0.2) is 0 Å². The van der Waals surface area contributed by atoms with E-state index in [1.807, 2.05) is 24.3 Å². The zero-order chi connectivity index (χ0) is 21.0. The number of amides is 1. The molecule has 2 aromatic carbocycles. The lowest BCUT2D eigenvalue weighted by molar-refractivity contribution is -0.0258. The van der Waals surface area contributed by atoms with E-state index in [0.717, 1.165) is 29.7 Å². The Morgan fingerprint density at radius 1 is 1.10 bits per heavy atom. The molecule has 0 N–H and O–H groups in total. The van der Waals surface area contributed by atoms with Gasteiger partial charge in [-0.3, -0.25) is 14.5 Å². The molecule has 29 heavy (non-hydrogen) atoms. The van der Waals surface area contributed by atoms with Gasteiger partial charge < -0.3 is 4.90 Å². The van der Waals surface area contributed by atoms with Gasteiger partial charge in [0.1, 0.15) is 0 Å². The lowest BCUT2D eigenvalue weighted by Crippen LogP contribution is -2.48. The number of piperazine rings is 1. The second-order valence-electron chi connectivity index (χ2n) is 6.82. The first-order chi connectivity index (χ1) is 13.8. The summed E-state index contributed by atoms with van der Waals surface area (Å²) in [7, 11) is -1.22. The molecule has 1 saturated heterocycles. The molecule has 3 rings (SSSR count). The highest BCUT2D eigenvalue weighted by molar-refractivity contribution is 7.89. The Kier molecular flexibility index (Phi) is 6.92. The van der Waals surface area contributed by atoms with Crippen molar-refractivity contribution in [2.45, 2.75) is 11.4 Å². The summed E-state index contributed by atoms with van der Waals surface area (Å²) in [5.74, 6) is -0.176. The number of hydrogen-bond donors (Lipinski definition) is 0. The lowest BCUT2D eigenvalue weighted by atomic mass is 10.1. The number of carbonyl (C=O) groups excluding carboxylic acids is 1. The molecule has 1 amide bonds. The van der Waals surface area contributed by atoms with Crippen LogP contribution in [0.25, 0.3) is 0 Å². The quantitative estimate of drug-likeness (QED) is 0.649. The molecule has 1 aliphatic heterocycles. The van der Waals surface area contributed by atoms with E-state index in [9.17, 15) is 13.2 Å². The number of carbonyl (C=O) groups is 1. The Morgan fingerprint density at radius 3 is 2.45 bits per heavy atom. The fourth-order valence-electron chi connectivity index (χ4n) is 3.22. The van der Waals surface area contributed by atoms with Gasteiger partial charge in [0.05, 0.1) is 12.0 Å². The Morgan fingerprint density at radius 2 is 1.79 bits per heavy atom. The van der Waals surface area contributed by atoms with Crippen molar-refractivity contribution in [2.24, 2.45) is 0 Å². The number of halogens is 1. The van der Waals surface area contributed by atoms with E-state index in [-0.39, 0.29) is 10.8 Å². The molecule has 1 fully saturated rings. The number of rotatable bonds is 6. The molecule has 0 bridgehead atoms. The predicted molar refractivity (Wildman–Crippen MR) is 111 cm³/mol. The Balaban J connectivity index is 1.64. The molecule has 0 atom stereocenters. The van der Waals surface area contributed by atoms with Gasteiger partial charge in [0.25, 0.3) is 15.9 Å². The van der Waals surface area contributed by atoms with Crippen LogP contribution in [0.1, 0.15) is 15.9 Å². The molecule has 0 spiro atoms. The number of benzene rings is 2. The van der Waals surface area contributed by atoms with Crippen LogP contribution < -0.4 is 0 Å². The molecule has 9 heteroatoms. The van der Waals surface area contributed by atoms with Crippen LogP contribution in [0.3, 0.4) is 0 Å². The Labute approximate surface area is 176 Å². The van der Waals surface area contributed by atoms with Gasteiger partial charge in [-0.05, 0) is 35.9 Å². The summed E-state index contributed by atoms with van der Waals surface area (Å²) >= 11 is 6.04. The molecule has 1 heterocycles. The van der Waals surface area contributed by atoms with Crippen LogP contribution >= 0.6 is 11.6 Å². The standard InChI is InChI=1S/C20H24ClN3O4S/c1-22(28-2)29(26,27)19-8-4-6-17(14-19)20(25)24-11-9-23(10-12-24)15-16-5-3-7-18(21)13-16/h3-8,13-14H,9-12,15H2,1-2H3. The van der Waals surface area contributed by atoms with Crippen molar-refractivity contribution in [1.82, 2.24) is 14.3 Å². The summed E-state index contributed by atoms with van der Waals surface area (Å²) in [6.45, 7) is 3.41. The number of nitrogens with zero attached hydrogens (tertiary/aromatic N) is 3. The normalized spacial score (nSPS) is 15.7. The highest BCUT2D eigenvalue weighted by Gasteiger charge is 2.25. The van der Waals surface area contributed by atoms with Crippen molar-refractivity contribution < 1.29 is 18.0 Å². The van der Waals surface area contributed by atoms with E-state index in [4.69, 9.17) is 16.4 Å². The minimum Gasteiger partial charge on any atom is -0.336 e. The minimum atomic E-state index is -3.80. The second kappa shape index (κ2) is 9.23. The summed E-state index contributed by atoms with van der Waals surface area (Å²) in [6.07, 6.45) is 0. The van der Waals surface area contributed by atoms with E-state index in [1.54, 1.807) is 17.0 Å². The van der Waals surface area contributed by atoms with Crippen LogP contribution in [-0.2, 0) is 21.4 Å². The molecule has 156 valence electrons. The van der Waals surface area contributed by atoms with E-state index in [2.05, 4.69) is 4.90 Å². The number of sulfonamides is 1. The van der Waals surface area contributed by atoms with E-state index >= 15 is 0 Å². The molecule has 1 aliphatic rings. The first-order valence-electron chi connectivity index (χ1n) is 9.20. The SMILES string of the molecule is CON(C)S(=O)(=O)c1cccc(C(=O)N2CCN(Cc3cccc(Cl)c3)CC2)c1. The third-order valence-corrected chi connectivity index (χ3v) is 6.84. The third-order valence-electron chi connectivity index (χ3n) is 4.93. The van der Waals surface area contributed by atoms with Gasteiger partial charge in [0, 0.05) is 50.4 Å².